The third-order valence-corrected chi connectivity index (χ3v) is 7.67. The zero-order valence-corrected chi connectivity index (χ0v) is 22.9. The van der Waals surface area contributed by atoms with Gasteiger partial charge in [0.25, 0.3) is 5.91 Å². The van der Waals surface area contributed by atoms with Crippen LogP contribution in [0, 0.1) is 0 Å². The third-order valence-electron chi connectivity index (χ3n) is 6.73. The summed E-state index contributed by atoms with van der Waals surface area (Å²) in [5.74, 6) is -1.24. The molecule has 12 heteroatoms. The van der Waals surface area contributed by atoms with E-state index in [1.165, 1.54) is 16.2 Å². The van der Waals surface area contributed by atoms with E-state index in [4.69, 9.17) is 19.6 Å². The van der Waals surface area contributed by atoms with Gasteiger partial charge in [-0.15, -0.1) is 11.3 Å². The van der Waals surface area contributed by atoms with Gasteiger partial charge in [0.1, 0.15) is 17.6 Å². The average molecular weight is 566 g/mol. The van der Waals surface area contributed by atoms with Crippen LogP contribution in [0.15, 0.2) is 63.3 Å². The first-order valence-electron chi connectivity index (χ1n) is 13.0. The minimum absolute atomic E-state index is 0.0845. The van der Waals surface area contributed by atoms with Crippen molar-refractivity contribution in [1.82, 2.24) is 15.5 Å². The van der Waals surface area contributed by atoms with Gasteiger partial charge < -0.3 is 35.2 Å². The molecule has 4 heterocycles. The Labute approximate surface area is 235 Å². The molecule has 1 atom stereocenters. The summed E-state index contributed by atoms with van der Waals surface area (Å²) >= 11 is 1.46. The molecule has 5 rings (SSSR count). The van der Waals surface area contributed by atoms with Gasteiger partial charge in [-0.2, -0.15) is 0 Å². The lowest BCUT2D eigenvalue weighted by Gasteiger charge is -2.24. The zero-order chi connectivity index (χ0) is 28.1. The molecule has 0 radical (unpaired) electrons. The number of carbonyl (C=O) groups is 3. The fourth-order valence-corrected chi connectivity index (χ4v) is 5.58. The molecule has 1 aromatic carbocycles. The summed E-state index contributed by atoms with van der Waals surface area (Å²) in [6, 6.07) is 13.7. The Morgan fingerprint density at radius 2 is 1.90 bits per heavy atom. The summed E-state index contributed by atoms with van der Waals surface area (Å²) in [4.78, 5) is 45.7. The Morgan fingerprint density at radius 1 is 1.12 bits per heavy atom. The van der Waals surface area contributed by atoms with Crippen LogP contribution < -0.4 is 16.4 Å². The van der Waals surface area contributed by atoms with Crippen molar-refractivity contribution in [3.8, 4) is 11.3 Å². The molecule has 4 N–H and O–H groups in total. The molecule has 210 valence electrons. The highest BCUT2D eigenvalue weighted by Crippen LogP contribution is 2.35. The van der Waals surface area contributed by atoms with Crippen LogP contribution in [0.3, 0.4) is 0 Å². The second-order valence-electron chi connectivity index (χ2n) is 9.44. The number of carbonyl (C=O) groups excluding carboxylic acids is 3. The van der Waals surface area contributed by atoms with Crippen LogP contribution in [-0.4, -0.2) is 73.1 Å². The molecule has 11 nitrogen and oxygen atoms in total. The fraction of sp³-hybridized carbons (Fsp3) is 0.357. The molecule has 2 aromatic heterocycles. The number of furan rings is 1. The predicted molar refractivity (Wildman–Crippen MR) is 149 cm³/mol. The molecule has 0 bridgehead atoms. The van der Waals surface area contributed by atoms with Crippen molar-refractivity contribution in [2.45, 2.75) is 31.7 Å². The number of aliphatic imine (C=N–C) groups is 1. The highest BCUT2D eigenvalue weighted by atomic mass is 32.1. The Hall–Kier alpha value is -4.00. The maximum Gasteiger partial charge on any atom is 0.287 e. The number of benzene rings is 1. The van der Waals surface area contributed by atoms with E-state index in [-0.39, 0.29) is 37.7 Å². The molecular weight excluding hydrogens is 534 g/mol. The van der Waals surface area contributed by atoms with Crippen LogP contribution in [0.25, 0.3) is 11.3 Å². The van der Waals surface area contributed by atoms with E-state index < -0.39 is 23.6 Å². The van der Waals surface area contributed by atoms with Gasteiger partial charge in [-0.1, -0.05) is 30.3 Å². The molecule has 0 saturated carbocycles. The van der Waals surface area contributed by atoms with Crippen molar-refractivity contribution >= 4 is 34.9 Å². The molecule has 2 fully saturated rings. The molecule has 2 aliphatic heterocycles. The lowest BCUT2D eigenvalue weighted by Crippen LogP contribution is -2.49. The topological polar surface area (TPSA) is 148 Å². The molecule has 3 amide bonds. The number of hydrogen-bond donors (Lipinski definition) is 3. The molecule has 0 unspecified atom stereocenters. The fourth-order valence-electron chi connectivity index (χ4n) is 4.76. The van der Waals surface area contributed by atoms with Gasteiger partial charge in [0, 0.05) is 34.3 Å². The van der Waals surface area contributed by atoms with Crippen molar-refractivity contribution in [2.75, 3.05) is 32.8 Å². The maximum atomic E-state index is 13.3. The Kier molecular flexibility index (Phi) is 8.29. The van der Waals surface area contributed by atoms with Gasteiger partial charge in [0.05, 0.1) is 32.8 Å². The monoisotopic (exact) mass is 565 g/mol. The summed E-state index contributed by atoms with van der Waals surface area (Å²) in [7, 11) is 0. The van der Waals surface area contributed by atoms with E-state index in [0.29, 0.717) is 31.4 Å². The quantitative estimate of drug-likeness (QED) is 0.266. The number of likely N-dealkylation sites (tertiary alicyclic amines) is 1. The van der Waals surface area contributed by atoms with E-state index in [0.717, 1.165) is 16.0 Å². The summed E-state index contributed by atoms with van der Waals surface area (Å²) in [5, 5.41) is 7.40. The van der Waals surface area contributed by atoms with Gasteiger partial charge in [0.2, 0.25) is 11.8 Å². The van der Waals surface area contributed by atoms with Crippen LogP contribution in [0.1, 0.15) is 34.3 Å². The minimum atomic E-state index is -1.03. The first kappa shape index (κ1) is 27.6. The number of ether oxygens (including phenoxy) is 2. The van der Waals surface area contributed by atoms with E-state index in [9.17, 15) is 14.4 Å². The zero-order valence-electron chi connectivity index (χ0n) is 22.1. The van der Waals surface area contributed by atoms with Gasteiger partial charge >= 0.3 is 0 Å². The lowest BCUT2D eigenvalue weighted by atomic mass is 10.1. The minimum Gasteiger partial charge on any atom is -0.451 e. The molecule has 40 heavy (non-hydrogen) atoms. The second kappa shape index (κ2) is 12.0. The Balaban J connectivity index is 1.21. The van der Waals surface area contributed by atoms with Crippen LogP contribution >= 0.6 is 11.3 Å². The average Bonchev–Trinajstić information content (AvgIpc) is 3.78. The smallest absolute Gasteiger partial charge is 0.287 e. The Bertz CT molecular complexity index is 1390. The number of thiophene rings is 1. The van der Waals surface area contributed by atoms with Crippen molar-refractivity contribution < 1.29 is 28.3 Å². The van der Waals surface area contributed by atoms with Gasteiger partial charge in [0.15, 0.2) is 11.5 Å². The van der Waals surface area contributed by atoms with Crippen LogP contribution in [-0.2, 0) is 25.6 Å². The van der Waals surface area contributed by atoms with Crippen molar-refractivity contribution in [1.29, 1.82) is 0 Å². The number of rotatable bonds is 9. The van der Waals surface area contributed by atoms with E-state index in [1.54, 1.807) is 12.1 Å². The molecule has 3 aromatic rings. The summed E-state index contributed by atoms with van der Waals surface area (Å²) < 4.78 is 17.3. The molecule has 1 spiro atoms. The SMILES string of the molecule is CCN=C(N)c1csc(CNC(=O)[C@@H]2CC3(CN2C(=O)CNC(=O)c2ccc(-c4ccccc4)o2)OCCO3)c1. The van der Waals surface area contributed by atoms with Crippen LogP contribution in [0.2, 0.25) is 0 Å². The van der Waals surface area contributed by atoms with E-state index in [2.05, 4.69) is 15.6 Å². The third kappa shape index (κ3) is 6.09. The van der Waals surface area contributed by atoms with E-state index in [1.807, 2.05) is 48.7 Å². The van der Waals surface area contributed by atoms with Crippen molar-refractivity contribution in [3.63, 3.8) is 0 Å². The second-order valence-corrected chi connectivity index (χ2v) is 10.4. The normalized spacial score (nSPS) is 18.3. The Morgan fingerprint density at radius 3 is 2.65 bits per heavy atom. The van der Waals surface area contributed by atoms with E-state index >= 15 is 0 Å². The van der Waals surface area contributed by atoms with Crippen molar-refractivity contribution in [3.05, 3.63) is 70.1 Å². The number of hydrogen-bond acceptors (Lipinski definition) is 8. The maximum absolute atomic E-state index is 13.3. The summed E-state index contributed by atoms with van der Waals surface area (Å²) in [5.41, 5.74) is 7.61. The molecule has 2 saturated heterocycles. The summed E-state index contributed by atoms with van der Waals surface area (Å²) in [6.07, 6.45) is 0.197. The van der Waals surface area contributed by atoms with Crippen molar-refractivity contribution in [2.24, 2.45) is 10.7 Å². The molecule has 2 aliphatic rings. The highest BCUT2D eigenvalue weighted by molar-refractivity contribution is 7.10. The molecular formula is C28H31N5O6S. The number of nitrogens with two attached hydrogens (primary N) is 1. The number of nitrogens with one attached hydrogen (secondary N) is 2. The van der Waals surface area contributed by atoms with Crippen LogP contribution in [0.4, 0.5) is 0 Å². The van der Waals surface area contributed by atoms with Gasteiger partial charge in [-0.25, -0.2) is 0 Å². The predicted octanol–water partition coefficient (Wildman–Crippen LogP) is 2.12. The largest absolute Gasteiger partial charge is 0.451 e. The van der Waals surface area contributed by atoms with Gasteiger partial charge in [-0.3, -0.25) is 19.4 Å². The summed E-state index contributed by atoms with van der Waals surface area (Å²) in [6.45, 7) is 3.30. The van der Waals surface area contributed by atoms with Crippen LogP contribution in [0.5, 0.6) is 0 Å². The molecule has 0 aliphatic carbocycles. The standard InChI is InChI=1S/C28H31N5O6S/c1-2-30-25(29)19-12-20(40-16-19)14-31-26(35)21-13-28(37-10-11-38-28)17-33(21)24(34)15-32-27(36)23-9-8-22(39-23)18-6-4-3-5-7-18/h3-9,12,16,21H,2,10-11,13-15,17H2,1H3,(H2,29,30)(H,31,35)(H,32,36)/t21-/m0/s1. The number of amides is 3. The van der Waals surface area contributed by atoms with Gasteiger partial charge in [-0.05, 0) is 25.1 Å². The first-order chi connectivity index (χ1) is 19.4. The highest BCUT2D eigenvalue weighted by Gasteiger charge is 2.52. The first-order valence-corrected chi connectivity index (χ1v) is 13.9. The lowest BCUT2D eigenvalue weighted by molar-refractivity contribution is -0.152. The number of nitrogens with zero attached hydrogens (tertiary/aromatic N) is 2. The number of amidine groups is 1.